The van der Waals surface area contributed by atoms with Crippen molar-refractivity contribution in [3.63, 3.8) is 0 Å². The first-order valence-electron chi connectivity index (χ1n) is 3.04. The van der Waals surface area contributed by atoms with E-state index >= 15 is 0 Å². The topological polar surface area (TPSA) is 46.8 Å². The molecule has 0 radical (unpaired) electrons. The average Bonchev–Trinajstić information content (AvgIpc) is 2.03. The van der Waals surface area contributed by atoms with Crippen LogP contribution < -0.4 is 5.11 Å². The Hall–Kier alpha value is -1.40. The molecule has 1 rings (SSSR count). The van der Waals surface area contributed by atoms with Crippen LogP contribution in [0.5, 0.6) is 0 Å². The predicted molar refractivity (Wildman–Crippen MR) is 34.8 cm³/mol. The molecule has 0 atom stereocenters. The average molecular weight is 150 g/mol. The van der Waals surface area contributed by atoms with Crippen LogP contribution >= 0.6 is 0 Å². The van der Waals surface area contributed by atoms with Gasteiger partial charge in [-0.25, -0.2) is 4.39 Å². The van der Waals surface area contributed by atoms with Gasteiger partial charge in [-0.15, -0.1) is 6.61 Å². The second-order valence-electron chi connectivity index (χ2n) is 2.10. The Morgan fingerprint density at radius 1 is 1.45 bits per heavy atom. The monoisotopic (exact) mass is 150 g/mol. The maximum Gasteiger partial charge on any atom is 0.124 e. The Balaban J connectivity index is 3.15. The lowest BCUT2D eigenvalue weighted by Crippen LogP contribution is -2.02. The Morgan fingerprint density at radius 2 is 2.18 bits per heavy atom. The SMILES string of the molecule is N#Cc1cc(F)cc(C[O-])c1. The van der Waals surface area contributed by atoms with Gasteiger partial charge in [-0.3, -0.25) is 0 Å². The quantitative estimate of drug-likeness (QED) is 0.587. The Kier molecular flexibility index (Phi) is 2.19. The number of nitrogens with zero attached hydrogens (tertiary/aromatic N) is 1. The van der Waals surface area contributed by atoms with Crippen molar-refractivity contribution in [3.05, 3.63) is 35.1 Å². The summed E-state index contributed by atoms with van der Waals surface area (Å²) in [5.41, 5.74) is 0.498. The smallest absolute Gasteiger partial charge is 0.124 e. The van der Waals surface area contributed by atoms with Gasteiger partial charge < -0.3 is 5.11 Å². The number of rotatable bonds is 1. The molecule has 0 saturated heterocycles. The first-order valence-corrected chi connectivity index (χ1v) is 3.04. The van der Waals surface area contributed by atoms with Crippen LogP contribution in [0.1, 0.15) is 11.1 Å². The van der Waals surface area contributed by atoms with Crippen LogP contribution in [0.3, 0.4) is 0 Å². The van der Waals surface area contributed by atoms with Crippen molar-refractivity contribution in [2.45, 2.75) is 6.61 Å². The van der Waals surface area contributed by atoms with Gasteiger partial charge in [0, 0.05) is 0 Å². The van der Waals surface area contributed by atoms with E-state index in [4.69, 9.17) is 5.26 Å². The number of benzene rings is 1. The van der Waals surface area contributed by atoms with Gasteiger partial charge in [0.2, 0.25) is 0 Å². The maximum atomic E-state index is 12.5. The molecule has 0 fully saturated rings. The van der Waals surface area contributed by atoms with Gasteiger partial charge in [-0.2, -0.15) is 5.26 Å². The second kappa shape index (κ2) is 3.13. The molecule has 0 aliphatic carbocycles. The van der Waals surface area contributed by atoms with Gasteiger partial charge in [-0.05, 0) is 18.2 Å². The lowest BCUT2D eigenvalue weighted by molar-refractivity contribution is -0.386. The molecule has 1 aromatic carbocycles. The molecule has 0 bridgehead atoms. The highest BCUT2D eigenvalue weighted by atomic mass is 19.1. The van der Waals surface area contributed by atoms with Crippen molar-refractivity contribution in [2.75, 3.05) is 0 Å². The van der Waals surface area contributed by atoms with E-state index in [0.717, 1.165) is 12.1 Å². The van der Waals surface area contributed by atoms with Crippen LogP contribution in [0, 0.1) is 17.1 Å². The molecular weight excluding hydrogens is 145 g/mol. The zero-order valence-corrected chi connectivity index (χ0v) is 5.67. The van der Waals surface area contributed by atoms with Crippen molar-refractivity contribution in [1.29, 1.82) is 5.26 Å². The van der Waals surface area contributed by atoms with Crippen LogP contribution in [0.25, 0.3) is 0 Å². The molecular formula is C8H5FNO-. The van der Waals surface area contributed by atoms with Gasteiger partial charge in [0.1, 0.15) is 5.82 Å². The minimum Gasteiger partial charge on any atom is -0.851 e. The van der Waals surface area contributed by atoms with Gasteiger partial charge in [0.05, 0.1) is 11.6 Å². The largest absolute Gasteiger partial charge is 0.851 e. The lowest BCUT2D eigenvalue weighted by Gasteiger charge is -2.03. The van der Waals surface area contributed by atoms with Crippen LogP contribution in [-0.4, -0.2) is 0 Å². The van der Waals surface area contributed by atoms with E-state index in [1.165, 1.54) is 6.07 Å². The number of nitriles is 1. The molecule has 11 heavy (non-hydrogen) atoms. The third-order valence-electron chi connectivity index (χ3n) is 1.25. The minimum atomic E-state index is -0.532. The van der Waals surface area contributed by atoms with E-state index in [0.29, 0.717) is 5.56 Å². The highest BCUT2D eigenvalue weighted by Gasteiger charge is 1.95. The molecule has 0 aliphatic rings. The Bertz CT molecular complexity index is 303. The van der Waals surface area contributed by atoms with E-state index in [9.17, 15) is 9.50 Å². The van der Waals surface area contributed by atoms with Crippen LogP contribution in [-0.2, 0) is 6.61 Å². The van der Waals surface area contributed by atoms with E-state index in [1.807, 2.05) is 0 Å². The third-order valence-corrected chi connectivity index (χ3v) is 1.25. The van der Waals surface area contributed by atoms with Crippen molar-refractivity contribution in [2.24, 2.45) is 0 Å². The maximum absolute atomic E-state index is 12.5. The fourth-order valence-corrected chi connectivity index (χ4v) is 0.798. The summed E-state index contributed by atoms with van der Waals surface area (Å²) in [6.07, 6.45) is 0. The van der Waals surface area contributed by atoms with Gasteiger partial charge >= 0.3 is 0 Å². The third kappa shape index (κ3) is 1.76. The fourth-order valence-electron chi connectivity index (χ4n) is 0.798. The standard InChI is InChI=1S/C8H5FNO/c9-8-2-6(4-10)1-7(3-8)5-11/h1-3H,5H2/q-1. The molecule has 0 unspecified atom stereocenters. The molecule has 0 saturated carbocycles. The molecule has 0 amide bonds. The van der Waals surface area contributed by atoms with Crippen LogP contribution in [0.15, 0.2) is 18.2 Å². The summed E-state index contributed by atoms with van der Waals surface area (Å²) in [7, 11) is 0. The van der Waals surface area contributed by atoms with Crippen molar-refractivity contribution < 1.29 is 9.50 Å². The zero-order chi connectivity index (χ0) is 8.27. The summed E-state index contributed by atoms with van der Waals surface area (Å²) in [4.78, 5) is 0. The van der Waals surface area contributed by atoms with Gasteiger partial charge in [0.25, 0.3) is 0 Å². The summed E-state index contributed by atoms with van der Waals surface area (Å²) in [6, 6.07) is 5.38. The van der Waals surface area contributed by atoms with E-state index < -0.39 is 12.4 Å². The number of halogens is 1. The Labute approximate surface area is 63.5 Å². The molecule has 0 aromatic heterocycles. The molecule has 0 heterocycles. The highest BCUT2D eigenvalue weighted by Crippen LogP contribution is 2.06. The lowest BCUT2D eigenvalue weighted by atomic mass is 10.1. The van der Waals surface area contributed by atoms with Crippen LogP contribution in [0.2, 0.25) is 0 Å². The first-order chi connectivity index (χ1) is 5.26. The van der Waals surface area contributed by atoms with Crippen LogP contribution in [0.4, 0.5) is 4.39 Å². The summed E-state index contributed by atoms with van der Waals surface area (Å²) in [5.74, 6) is -0.532. The molecule has 3 heteroatoms. The highest BCUT2D eigenvalue weighted by molar-refractivity contribution is 5.33. The van der Waals surface area contributed by atoms with E-state index in [1.54, 1.807) is 6.07 Å². The zero-order valence-electron chi connectivity index (χ0n) is 5.67. The molecule has 2 nitrogen and oxygen atoms in total. The molecule has 0 spiro atoms. The first kappa shape index (κ1) is 7.70. The summed E-state index contributed by atoms with van der Waals surface area (Å²) < 4.78 is 12.5. The summed E-state index contributed by atoms with van der Waals surface area (Å²) >= 11 is 0. The fraction of sp³-hybridized carbons (Fsp3) is 0.125. The second-order valence-corrected chi connectivity index (χ2v) is 2.10. The molecule has 0 N–H and O–H groups in total. The number of hydrogen-bond acceptors (Lipinski definition) is 2. The summed E-state index contributed by atoms with van der Waals surface area (Å²) in [5, 5.41) is 18.6. The predicted octanol–water partition coefficient (Wildman–Crippen LogP) is 0.558. The normalized spacial score (nSPS) is 9.18. The molecule has 56 valence electrons. The molecule has 0 aliphatic heterocycles. The summed E-state index contributed by atoms with van der Waals surface area (Å²) in [6.45, 7) is -0.494. The van der Waals surface area contributed by atoms with Crippen molar-refractivity contribution >= 4 is 0 Å². The molecule has 1 aromatic rings. The Morgan fingerprint density at radius 3 is 2.73 bits per heavy atom. The van der Waals surface area contributed by atoms with Crippen molar-refractivity contribution in [3.8, 4) is 6.07 Å². The van der Waals surface area contributed by atoms with E-state index in [2.05, 4.69) is 0 Å². The van der Waals surface area contributed by atoms with Crippen molar-refractivity contribution in [1.82, 2.24) is 0 Å². The van der Waals surface area contributed by atoms with Gasteiger partial charge in [0.15, 0.2) is 0 Å². The number of hydrogen-bond donors (Lipinski definition) is 0. The van der Waals surface area contributed by atoms with E-state index in [-0.39, 0.29) is 5.56 Å². The minimum absolute atomic E-state index is 0.191. The van der Waals surface area contributed by atoms with Gasteiger partial charge in [-0.1, -0.05) is 5.56 Å².